The zero-order valence-electron chi connectivity index (χ0n) is 11.6. The van der Waals surface area contributed by atoms with Crippen molar-refractivity contribution in [1.29, 1.82) is 0 Å². The van der Waals surface area contributed by atoms with Gasteiger partial charge in [-0.3, -0.25) is 0 Å². The lowest BCUT2D eigenvalue weighted by Gasteiger charge is -2.19. The van der Waals surface area contributed by atoms with E-state index < -0.39 is 10.0 Å². The molecule has 19 heavy (non-hydrogen) atoms. The normalized spacial score (nSPS) is 12.6. The van der Waals surface area contributed by atoms with Gasteiger partial charge in [-0.2, -0.15) is 0 Å². The molecule has 0 fully saturated rings. The summed E-state index contributed by atoms with van der Waals surface area (Å²) in [5.74, 6) is 0.458. The molecule has 2 rings (SSSR count). The highest BCUT2D eigenvalue weighted by atomic mass is 32.2. The third-order valence-corrected chi connectivity index (χ3v) is 4.83. The Morgan fingerprint density at radius 3 is 2.11 bits per heavy atom. The van der Waals surface area contributed by atoms with Gasteiger partial charge in [-0.25, -0.2) is 17.4 Å². The maximum atomic E-state index is 12.4. The van der Waals surface area contributed by atoms with Crippen molar-refractivity contribution in [2.24, 2.45) is 0 Å². The Balaban J connectivity index is 2.46. The van der Waals surface area contributed by atoms with E-state index in [4.69, 9.17) is 0 Å². The van der Waals surface area contributed by atoms with Crippen molar-refractivity contribution in [2.75, 3.05) is 0 Å². The molecule has 0 radical (unpaired) electrons. The van der Waals surface area contributed by atoms with Crippen LogP contribution in [0.1, 0.15) is 32.2 Å². The number of rotatable bonds is 2. The fraction of sp³-hybridized carbons (Fsp3) is 0.357. The van der Waals surface area contributed by atoms with Gasteiger partial charge < -0.3 is 0 Å². The van der Waals surface area contributed by atoms with E-state index >= 15 is 0 Å². The first-order chi connectivity index (χ1) is 8.73. The molecule has 2 aromatic rings. The smallest absolute Gasteiger partial charge is 0.241 e. The molecule has 0 atom stereocenters. The molecule has 0 aliphatic rings. The molecule has 5 heteroatoms. The summed E-state index contributed by atoms with van der Waals surface area (Å²) in [5.41, 5.74) is 1.11. The Hall–Kier alpha value is -1.62. The highest BCUT2D eigenvalue weighted by Gasteiger charge is 2.20. The predicted molar refractivity (Wildman–Crippen MR) is 74.7 cm³/mol. The van der Waals surface area contributed by atoms with Crippen LogP contribution in [0.4, 0.5) is 0 Å². The third kappa shape index (κ3) is 2.56. The van der Waals surface area contributed by atoms with Crippen LogP contribution in [-0.4, -0.2) is 17.4 Å². The summed E-state index contributed by atoms with van der Waals surface area (Å²) >= 11 is 0. The van der Waals surface area contributed by atoms with E-state index in [0.29, 0.717) is 5.82 Å². The van der Waals surface area contributed by atoms with E-state index in [1.807, 2.05) is 12.1 Å². The second kappa shape index (κ2) is 4.49. The summed E-state index contributed by atoms with van der Waals surface area (Å²) in [7, 11) is -3.53. The Kier molecular flexibility index (Phi) is 3.26. The molecule has 1 aromatic heterocycles. The van der Waals surface area contributed by atoms with E-state index in [1.165, 1.54) is 16.4 Å². The summed E-state index contributed by atoms with van der Waals surface area (Å²) in [5, 5.41) is 0. The SMILES string of the molecule is Cc1nccn1S(=O)(=O)c1ccc(C(C)(C)C)cc1. The van der Waals surface area contributed by atoms with Crippen molar-refractivity contribution in [2.45, 2.75) is 38.0 Å². The molecule has 4 nitrogen and oxygen atoms in total. The fourth-order valence-electron chi connectivity index (χ4n) is 1.86. The van der Waals surface area contributed by atoms with Crippen molar-refractivity contribution >= 4 is 10.0 Å². The van der Waals surface area contributed by atoms with Gasteiger partial charge in [0.2, 0.25) is 0 Å². The molecule has 0 N–H and O–H groups in total. The number of nitrogens with zero attached hydrogens (tertiary/aromatic N) is 2. The number of imidazole rings is 1. The first-order valence-electron chi connectivity index (χ1n) is 6.09. The molecule has 102 valence electrons. The second-order valence-corrected chi connectivity index (χ2v) is 7.36. The van der Waals surface area contributed by atoms with Crippen LogP contribution < -0.4 is 0 Å². The Morgan fingerprint density at radius 1 is 1.11 bits per heavy atom. The van der Waals surface area contributed by atoms with E-state index in [2.05, 4.69) is 25.8 Å². The van der Waals surface area contributed by atoms with Crippen LogP contribution in [0, 0.1) is 6.92 Å². The Labute approximate surface area is 114 Å². The molecule has 0 bridgehead atoms. The zero-order chi connectivity index (χ0) is 14.3. The maximum absolute atomic E-state index is 12.4. The summed E-state index contributed by atoms with van der Waals surface area (Å²) in [6.07, 6.45) is 2.94. The molecular weight excluding hydrogens is 260 g/mol. The molecule has 0 saturated heterocycles. The molecule has 0 spiro atoms. The lowest BCUT2D eigenvalue weighted by molar-refractivity contribution is 0.581. The average Bonchev–Trinajstić information content (AvgIpc) is 2.75. The Bertz CT molecular complexity index is 677. The average molecular weight is 278 g/mol. The standard InChI is InChI=1S/C14H18N2O2S/c1-11-15-9-10-16(11)19(17,18)13-7-5-12(6-8-13)14(2,3)4/h5-10H,1-4H3. The van der Waals surface area contributed by atoms with Gasteiger partial charge in [0.05, 0.1) is 4.90 Å². The first-order valence-corrected chi connectivity index (χ1v) is 7.53. The van der Waals surface area contributed by atoms with Gasteiger partial charge in [0, 0.05) is 12.4 Å². The van der Waals surface area contributed by atoms with Crippen molar-refractivity contribution in [3.63, 3.8) is 0 Å². The molecule has 0 aliphatic heterocycles. The van der Waals surface area contributed by atoms with Gasteiger partial charge in [-0.1, -0.05) is 32.9 Å². The summed E-state index contributed by atoms with van der Waals surface area (Å²) in [6.45, 7) is 7.95. The number of aryl methyl sites for hydroxylation is 1. The lowest BCUT2D eigenvalue weighted by atomic mass is 9.87. The van der Waals surface area contributed by atoms with Crippen molar-refractivity contribution < 1.29 is 8.42 Å². The van der Waals surface area contributed by atoms with Gasteiger partial charge in [0.1, 0.15) is 5.82 Å². The van der Waals surface area contributed by atoms with E-state index in [1.54, 1.807) is 19.1 Å². The van der Waals surface area contributed by atoms with Gasteiger partial charge in [-0.15, -0.1) is 0 Å². The van der Waals surface area contributed by atoms with Gasteiger partial charge in [0.25, 0.3) is 10.0 Å². The molecule has 0 unspecified atom stereocenters. The highest BCUT2D eigenvalue weighted by molar-refractivity contribution is 7.90. The summed E-state index contributed by atoms with van der Waals surface area (Å²) in [6, 6.07) is 7.02. The number of hydrogen-bond donors (Lipinski definition) is 0. The van der Waals surface area contributed by atoms with Crippen LogP contribution in [0.15, 0.2) is 41.6 Å². The van der Waals surface area contributed by atoms with E-state index in [-0.39, 0.29) is 10.3 Å². The van der Waals surface area contributed by atoms with Crippen LogP contribution in [0.3, 0.4) is 0 Å². The topological polar surface area (TPSA) is 52.0 Å². The van der Waals surface area contributed by atoms with E-state index in [9.17, 15) is 8.42 Å². The molecule has 1 aromatic carbocycles. The number of benzene rings is 1. The van der Waals surface area contributed by atoms with Crippen LogP contribution >= 0.6 is 0 Å². The van der Waals surface area contributed by atoms with E-state index in [0.717, 1.165) is 5.56 Å². The van der Waals surface area contributed by atoms with Crippen molar-refractivity contribution in [3.05, 3.63) is 48.0 Å². The molecule has 1 heterocycles. The van der Waals surface area contributed by atoms with Crippen molar-refractivity contribution in [1.82, 2.24) is 8.96 Å². The van der Waals surface area contributed by atoms with Gasteiger partial charge in [-0.05, 0) is 30.0 Å². The predicted octanol–water partition coefficient (Wildman–Crippen LogP) is 2.73. The summed E-state index contributed by atoms with van der Waals surface area (Å²) in [4.78, 5) is 4.23. The minimum Gasteiger partial charge on any atom is -0.241 e. The van der Waals surface area contributed by atoms with Gasteiger partial charge in [0.15, 0.2) is 0 Å². The minimum atomic E-state index is -3.53. The number of hydrogen-bond acceptors (Lipinski definition) is 3. The first kappa shape index (κ1) is 13.8. The zero-order valence-corrected chi connectivity index (χ0v) is 12.4. The minimum absolute atomic E-state index is 0.00716. The summed E-state index contributed by atoms with van der Waals surface area (Å²) < 4.78 is 26.0. The van der Waals surface area contributed by atoms with Crippen LogP contribution in [0.5, 0.6) is 0 Å². The van der Waals surface area contributed by atoms with Crippen LogP contribution in [-0.2, 0) is 15.4 Å². The largest absolute Gasteiger partial charge is 0.269 e. The number of aromatic nitrogens is 2. The molecule has 0 amide bonds. The quantitative estimate of drug-likeness (QED) is 0.848. The Morgan fingerprint density at radius 2 is 1.68 bits per heavy atom. The van der Waals surface area contributed by atoms with Crippen molar-refractivity contribution in [3.8, 4) is 0 Å². The molecule has 0 saturated carbocycles. The third-order valence-electron chi connectivity index (χ3n) is 3.06. The highest BCUT2D eigenvalue weighted by Crippen LogP contribution is 2.24. The maximum Gasteiger partial charge on any atom is 0.269 e. The fourth-order valence-corrected chi connectivity index (χ4v) is 3.18. The molecule has 0 aliphatic carbocycles. The van der Waals surface area contributed by atoms with Crippen LogP contribution in [0.2, 0.25) is 0 Å². The van der Waals surface area contributed by atoms with Crippen LogP contribution in [0.25, 0.3) is 0 Å². The molecular formula is C14H18N2O2S. The van der Waals surface area contributed by atoms with Gasteiger partial charge >= 0.3 is 0 Å². The second-order valence-electron chi connectivity index (χ2n) is 5.55. The lowest BCUT2D eigenvalue weighted by Crippen LogP contribution is -2.15. The monoisotopic (exact) mass is 278 g/mol.